The van der Waals surface area contributed by atoms with Gasteiger partial charge < -0.3 is 19.7 Å². The van der Waals surface area contributed by atoms with E-state index in [1.807, 2.05) is 13.8 Å². The first-order valence-corrected chi connectivity index (χ1v) is 10.5. The van der Waals surface area contributed by atoms with Gasteiger partial charge in [-0.15, -0.1) is 0 Å². The van der Waals surface area contributed by atoms with Gasteiger partial charge in [0.25, 0.3) is 0 Å². The zero-order valence-corrected chi connectivity index (χ0v) is 22.2. The fourth-order valence-electron chi connectivity index (χ4n) is 1.17. The molecule has 0 bridgehead atoms. The summed E-state index contributed by atoms with van der Waals surface area (Å²) >= 11 is 0. The molecule has 8 nitrogen and oxygen atoms in total. The van der Waals surface area contributed by atoms with Crippen LogP contribution in [0.2, 0.25) is 0 Å². The average Bonchev–Trinajstić information content (AvgIpc) is 2.53. The van der Waals surface area contributed by atoms with Crippen LogP contribution in [0.25, 0.3) is 0 Å². The minimum atomic E-state index is -0.411. The summed E-state index contributed by atoms with van der Waals surface area (Å²) in [6.07, 6.45) is 3.20. The largest absolute Gasteiger partial charge is 0.465 e. The number of hydrogen-bond acceptors (Lipinski definition) is 8. The van der Waals surface area contributed by atoms with Crippen LogP contribution < -0.4 is 0 Å². The molecule has 0 aliphatic rings. The van der Waals surface area contributed by atoms with Crippen molar-refractivity contribution in [3.8, 4) is 0 Å². The molecule has 31 heavy (non-hydrogen) atoms. The van der Waals surface area contributed by atoms with Gasteiger partial charge in [-0.3, -0.25) is 19.2 Å². The van der Waals surface area contributed by atoms with E-state index in [9.17, 15) is 19.2 Å². The molecule has 0 heterocycles. The van der Waals surface area contributed by atoms with Crippen LogP contribution in [0.15, 0.2) is 0 Å². The van der Waals surface area contributed by atoms with E-state index in [0.29, 0.717) is 13.2 Å². The standard InChI is InChI=1S/2C8H14O3.2C3H8O.Ti/c2*1-3-4-5-11-8(10)6-7(2)9;2*1-3(2)4;/h2*3-6H2,1-2H3;2*3-4H,1-2H3;. The monoisotopic (exact) mass is 484 g/mol. The number of carbonyl (C=O) groups is 4. The Hall–Kier alpha value is -1.09. The molecule has 0 saturated heterocycles. The summed E-state index contributed by atoms with van der Waals surface area (Å²) in [4.78, 5) is 42.1. The summed E-state index contributed by atoms with van der Waals surface area (Å²) in [6, 6.07) is 0. The van der Waals surface area contributed by atoms with Gasteiger partial charge in [-0.05, 0) is 54.4 Å². The molecule has 0 atom stereocenters. The van der Waals surface area contributed by atoms with Gasteiger partial charge in [-0.25, -0.2) is 0 Å². The van der Waals surface area contributed by atoms with Gasteiger partial charge >= 0.3 is 11.9 Å². The van der Waals surface area contributed by atoms with Gasteiger partial charge in [-0.2, -0.15) is 0 Å². The van der Waals surface area contributed by atoms with Gasteiger partial charge in [0.15, 0.2) is 0 Å². The molecule has 0 aromatic carbocycles. The summed E-state index contributed by atoms with van der Waals surface area (Å²) in [7, 11) is 0. The Morgan fingerprint density at radius 2 is 0.903 bits per heavy atom. The maximum Gasteiger partial charge on any atom is 0.313 e. The minimum absolute atomic E-state index is 0. The van der Waals surface area contributed by atoms with E-state index in [4.69, 9.17) is 19.7 Å². The van der Waals surface area contributed by atoms with Crippen molar-refractivity contribution < 1.29 is 60.6 Å². The molecule has 0 radical (unpaired) electrons. The molecule has 0 amide bonds. The van der Waals surface area contributed by atoms with E-state index in [0.717, 1.165) is 25.7 Å². The van der Waals surface area contributed by atoms with Crippen molar-refractivity contribution in [2.45, 2.75) is 106 Å². The third-order valence-electron chi connectivity index (χ3n) is 2.31. The quantitative estimate of drug-likeness (QED) is 0.209. The molecule has 0 unspecified atom stereocenters. The van der Waals surface area contributed by atoms with Crippen LogP contribution in [0.1, 0.15) is 93.9 Å². The van der Waals surface area contributed by atoms with E-state index >= 15 is 0 Å². The van der Waals surface area contributed by atoms with Crippen LogP contribution in [0.3, 0.4) is 0 Å². The summed E-state index contributed by atoms with van der Waals surface area (Å²) < 4.78 is 9.47. The number of unbranched alkanes of at least 4 members (excludes halogenated alkanes) is 2. The number of rotatable bonds is 10. The van der Waals surface area contributed by atoms with Crippen LogP contribution in [-0.4, -0.2) is 59.1 Å². The van der Waals surface area contributed by atoms with E-state index in [2.05, 4.69) is 0 Å². The number of aliphatic hydroxyl groups excluding tert-OH is 2. The molecule has 0 fully saturated rings. The van der Waals surface area contributed by atoms with Crippen molar-refractivity contribution in [2.24, 2.45) is 0 Å². The summed E-state index contributed by atoms with van der Waals surface area (Å²) in [6.45, 7) is 14.5. The zero-order chi connectivity index (χ0) is 24.5. The maximum atomic E-state index is 10.7. The van der Waals surface area contributed by atoms with E-state index in [1.165, 1.54) is 13.8 Å². The first-order chi connectivity index (χ1) is 13.8. The Morgan fingerprint density at radius 1 is 0.677 bits per heavy atom. The second kappa shape index (κ2) is 31.1. The maximum absolute atomic E-state index is 10.7. The van der Waals surface area contributed by atoms with Gasteiger partial charge in [0, 0.05) is 33.9 Å². The number of carbonyl (C=O) groups excluding carboxylic acids is 4. The fraction of sp³-hybridized carbons (Fsp3) is 0.818. The predicted molar refractivity (Wildman–Crippen MR) is 117 cm³/mol. The van der Waals surface area contributed by atoms with Crippen molar-refractivity contribution >= 4 is 23.5 Å². The Balaban J connectivity index is -0.000000106. The average molecular weight is 484 g/mol. The molecular formula is C22H44O8Ti. The van der Waals surface area contributed by atoms with E-state index in [-0.39, 0.29) is 58.3 Å². The molecule has 0 aliphatic carbocycles. The topological polar surface area (TPSA) is 127 Å². The van der Waals surface area contributed by atoms with Crippen LogP contribution in [0, 0.1) is 0 Å². The second-order valence-corrected chi connectivity index (χ2v) is 7.09. The summed E-state index contributed by atoms with van der Waals surface area (Å²) in [5.41, 5.74) is 0. The number of esters is 2. The second-order valence-electron chi connectivity index (χ2n) is 7.09. The van der Waals surface area contributed by atoms with Crippen molar-refractivity contribution in [3.63, 3.8) is 0 Å². The first-order valence-electron chi connectivity index (χ1n) is 10.5. The van der Waals surface area contributed by atoms with Crippen LogP contribution in [0.5, 0.6) is 0 Å². The zero-order valence-electron chi connectivity index (χ0n) is 20.7. The minimum Gasteiger partial charge on any atom is -0.465 e. The smallest absolute Gasteiger partial charge is 0.313 e. The normalized spacial score (nSPS) is 8.90. The summed E-state index contributed by atoms with van der Waals surface area (Å²) in [5, 5.41) is 16.1. The molecule has 0 aromatic rings. The molecule has 0 aliphatic heterocycles. The number of hydrogen-bond donors (Lipinski definition) is 2. The van der Waals surface area contributed by atoms with E-state index < -0.39 is 11.9 Å². The van der Waals surface area contributed by atoms with Crippen LogP contribution >= 0.6 is 0 Å². The van der Waals surface area contributed by atoms with Crippen LogP contribution in [0.4, 0.5) is 0 Å². The van der Waals surface area contributed by atoms with Crippen molar-refractivity contribution in [1.29, 1.82) is 0 Å². The number of ether oxygens (including phenoxy) is 2. The molecular weight excluding hydrogens is 440 g/mol. The fourth-order valence-corrected chi connectivity index (χ4v) is 1.17. The number of Topliss-reactive ketones (excluding diaryl/α,β-unsaturated/α-hetero) is 2. The molecule has 0 aromatic heterocycles. The molecule has 0 rings (SSSR count). The SMILES string of the molecule is CC(C)O.CC(C)O.CCCCOC(=O)CC(C)=O.CCCCOC(=O)CC(C)=O.[Ti]. The van der Waals surface area contributed by atoms with E-state index in [1.54, 1.807) is 27.7 Å². The van der Waals surface area contributed by atoms with Gasteiger partial charge in [-0.1, -0.05) is 26.7 Å². The Kier molecular flexibility index (Phi) is 40.4. The summed E-state index contributed by atoms with van der Waals surface area (Å²) in [5.74, 6) is -1.12. The Morgan fingerprint density at radius 3 is 1.06 bits per heavy atom. The van der Waals surface area contributed by atoms with Gasteiger partial charge in [0.2, 0.25) is 0 Å². The Labute approximate surface area is 203 Å². The first kappa shape index (κ1) is 40.3. The molecule has 0 spiro atoms. The van der Waals surface area contributed by atoms with Gasteiger partial charge in [0.1, 0.15) is 24.4 Å². The van der Waals surface area contributed by atoms with Crippen molar-refractivity contribution in [1.82, 2.24) is 0 Å². The predicted octanol–water partition coefficient (Wildman–Crippen LogP) is 3.39. The van der Waals surface area contributed by atoms with Gasteiger partial charge in [0.05, 0.1) is 13.2 Å². The molecule has 2 N–H and O–H groups in total. The van der Waals surface area contributed by atoms with Crippen LogP contribution in [-0.2, 0) is 50.4 Å². The number of aliphatic hydroxyl groups is 2. The molecule has 184 valence electrons. The number of ketones is 2. The third kappa shape index (κ3) is 73.2. The van der Waals surface area contributed by atoms with Crippen molar-refractivity contribution in [2.75, 3.05) is 13.2 Å². The molecule has 0 saturated carbocycles. The third-order valence-corrected chi connectivity index (χ3v) is 2.31. The van der Waals surface area contributed by atoms with Crippen molar-refractivity contribution in [3.05, 3.63) is 0 Å². The molecule has 9 heteroatoms. The Bertz CT molecular complexity index is 392.